The first-order chi connectivity index (χ1) is 20.8. The van der Waals surface area contributed by atoms with Crippen molar-refractivity contribution in [3.05, 3.63) is 57.6 Å². The van der Waals surface area contributed by atoms with Crippen LogP contribution < -0.4 is 16.0 Å². The number of rotatable bonds is 14. The number of hydrogen-bond acceptors (Lipinski definition) is 11. The molecule has 11 nitrogen and oxygen atoms in total. The fourth-order valence-corrected chi connectivity index (χ4v) is 5.55. The summed E-state index contributed by atoms with van der Waals surface area (Å²) in [6, 6.07) is 7.03. The summed E-state index contributed by atoms with van der Waals surface area (Å²) in [5.74, 6) is 0.486. The number of phenolic OH excluding ortho intramolecular Hbond substituents is 2. The van der Waals surface area contributed by atoms with Crippen LogP contribution in [0.5, 0.6) is 11.5 Å². The van der Waals surface area contributed by atoms with Gasteiger partial charge in [0.25, 0.3) is 0 Å². The molecule has 1 aliphatic heterocycles. The monoisotopic (exact) mass is 603 g/mol. The van der Waals surface area contributed by atoms with E-state index in [0.29, 0.717) is 26.2 Å². The highest BCUT2D eigenvalue weighted by Gasteiger charge is 2.18. The molecule has 0 aliphatic carbocycles. The van der Waals surface area contributed by atoms with Crippen molar-refractivity contribution in [2.24, 2.45) is 0 Å². The number of nitrogens with one attached hydrogen (secondary N) is 3. The second-order valence-electron chi connectivity index (χ2n) is 11.8. The molecule has 0 amide bonds. The zero-order chi connectivity index (χ0) is 31.2. The van der Waals surface area contributed by atoms with Crippen molar-refractivity contribution in [1.29, 1.82) is 0 Å². The van der Waals surface area contributed by atoms with Gasteiger partial charge in [-0.25, -0.2) is 0 Å². The highest BCUT2D eigenvalue weighted by molar-refractivity contribution is 5.44. The van der Waals surface area contributed by atoms with Crippen LogP contribution >= 0.6 is 0 Å². The number of phenols is 2. The molecular weight excluding hydrogens is 550 g/mol. The summed E-state index contributed by atoms with van der Waals surface area (Å²) in [6.07, 6.45) is 1.99. The SMILES string of the molecule is Cc1cc(CNC(CO)CO)c(O)c(CN2CCCNCCCN(Cc3cc(C)cc(CNC(CO)CO)c3O)CC2)c1. The Morgan fingerprint density at radius 1 is 0.628 bits per heavy atom. The summed E-state index contributed by atoms with van der Waals surface area (Å²) in [6.45, 7) is 10.4. The van der Waals surface area contributed by atoms with Gasteiger partial charge in [-0.15, -0.1) is 0 Å². The normalized spacial score (nSPS) is 16.2. The summed E-state index contributed by atoms with van der Waals surface area (Å²) in [4.78, 5) is 4.73. The zero-order valence-electron chi connectivity index (χ0n) is 25.9. The lowest BCUT2D eigenvalue weighted by atomic mass is 10.0. The van der Waals surface area contributed by atoms with Crippen molar-refractivity contribution in [2.75, 3.05) is 65.7 Å². The Morgan fingerprint density at radius 3 is 1.37 bits per heavy atom. The van der Waals surface area contributed by atoms with Gasteiger partial charge in [-0.3, -0.25) is 9.80 Å². The van der Waals surface area contributed by atoms with Crippen LogP contribution in [0.2, 0.25) is 0 Å². The second kappa shape index (κ2) is 18.5. The maximum absolute atomic E-state index is 11.1. The average Bonchev–Trinajstić information content (AvgIpc) is 3.04. The summed E-state index contributed by atoms with van der Waals surface area (Å²) >= 11 is 0. The molecule has 1 aliphatic rings. The molecular formula is C32H53N5O6. The Hall–Kier alpha value is -2.32. The number of aliphatic hydroxyl groups is 4. The van der Waals surface area contributed by atoms with Gasteiger partial charge in [0.15, 0.2) is 0 Å². The molecule has 0 spiro atoms. The molecule has 0 atom stereocenters. The molecule has 0 saturated carbocycles. The Morgan fingerprint density at radius 2 is 1.00 bits per heavy atom. The van der Waals surface area contributed by atoms with Gasteiger partial charge in [0, 0.05) is 61.5 Å². The van der Waals surface area contributed by atoms with Gasteiger partial charge in [-0.2, -0.15) is 0 Å². The van der Waals surface area contributed by atoms with E-state index in [-0.39, 0.29) is 37.9 Å². The fraction of sp³-hybridized carbons (Fsp3) is 0.625. The number of aliphatic hydroxyl groups excluding tert-OH is 4. The van der Waals surface area contributed by atoms with Gasteiger partial charge in [0.05, 0.1) is 38.5 Å². The Kier molecular flexibility index (Phi) is 15.1. The van der Waals surface area contributed by atoms with Gasteiger partial charge >= 0.3 is 0 Å². The van der Waals surface area contributed by atoms with Crippen LogP contribution in [0.3, 0.4) is 0 Å². The van der Waals surface area contributed by atoms with E-state index >= 15 is 0 Å². The standard InChI is InChI=1S/C32H53N5O6/c1-23-11-25(15-34-29(19-38)20-39)31(42)27(13-23)17-36-7-3-5-33-6-4-8-37(10-9-36)18-28-14-24(2)12-26(32(28)43)16-35-30(21-40)22-41/h11-14,29-30,33-35,38-43H,3-10,15-22H2,1-2H3. The van der Waals surface area contributed by atoms with Crippen molar-refractivity contribution >= 4 is 0 Å². The molecule has 0 bridgehead atoms. The van der Waals surface area contributed by atoms with Crippen LogP contribution in [0.25, 0.3) is 0 Å². The quantitative estimate of drug-likeness (QED) is 0.146. The minimum absolute atomic E-state index is 0.180. The van der Waals surface area contributed by atoms with E-state index in [1.807, 2.05) is 38.1 Å². The number of aryl methyl sites for hydroxylation is 2. The first-order valence-electron chi connectivity index (χ1n) is 15.5. The molecule has 1 fully saturated rings. The molecule has 242 valence electrons. The minimum atomic E-state index is -0.439. The van der Waals surface area contributed by atoms with Gasteiger partial charge in [-0.05, 0) is 52.9 Å². The fourth-order valence-electron chi connectivity index (χ4n) is 5.55. The smallest absolute Gasteiger partial charge is 0.124 e. The van der Waals surface area contributed by atoms with E-state index in [1.54, 1.807) is 0 Å². The van der Waals surface area contributed by atoms with Crippen molar-refractivity contribution in [1.82, 2.24) is 25.8 Å². The van der Waals surface area contributed by atoms with Gasteiger partial charge in [0.1, 0.15) is 11.5 Å². The molecule has 0 radical (unpaired) electrons. The lowest BCUT2D eigenvalue weighted by molar-refractivity contribution is 0.169. The van der Waals surface area contributed by atoms with Crippen molar-refractivity contribution in [2.45, 2.75) is 65.0 Å². The van der Waals surface area contributed by atoms with Crippen LogP contribution in [0, 0.1) is 13.8 Å². The lowest BCUT2D eigenvalue weighted by Crippen LogP contribution is -2.36. The summed E-state index contributed by atoms with van der Waals surface area (Å²) < 4.78 is 0. The predicted molar refractivity (Wildman–Crippen MR) is 168 cm³/mol. The van der Waals surface area contributed by atoms with Crippen LogP contribution in [-0.4, -0.2) is 118 Å². The van der Waals surface area contributed by atoms with Crippen molar-refractivity contribution in [3.63, 3.8) is 0 Å². The maximum atomic E-state index is 11.1. The molecule has 0 aromatic heterocycles. The van der Waals surface area contributed by atoms with Crippen LogP contribution in [-0.2, 0) is 26.2 Å². The molecule has 3 rings (SSSR count). The first kappa shape index (κ1) is 35.2. The van der Waals surface area contributed by atoms with Gasteiger partial charge in [-0.1, -0.05) is 35.4 Å². The molecule has 1 saturated heterocycles. The third kappa shape index (κ3) is 11.3. The summed E-state index contributed by atoms with van der Waals surface area (Å²) in [7, 11) is 0. The minimum Gasteiger partial charge on any atom is -0.507 e. The van der Waals surface area contributed by atoms with E-state index in [1.165, 1.54) is 0 Å². The second-order valence-corrected chi connectivity index (χ2v) is 11.8. The molecule has 1 heterocycles. The van der Waals surface area contributed by atoms with E-state index in [4.69, 9.17) is 0 Å². The van der Waals surface area contributed by atoms with Crippen LogP contribution in [0.15, 0.2) is 24.3 Å². The molecule has 9 N–H and O–H groups in total. The van der Waals surface area contributed by atoms with E-state index in [9.17, 15) is 30.6 Å². The van der Waals surface area contributed by atoms with Crippen LogP contribution in [0.4, 0.5) is 0 Å². The Balaban J connectivity index is 1.73. The van der Waals surface area contributed by atoms with Gasteiger partial charge < -0.3 is 46.6 Å². The summed E-state index contributed by atoms with van der Waals surface area (Å²) in [5, 5.41) is 69.6. The molecule has 0 unspecified atom stereocenters. The molecule has 2 aromatic rings. The Bertz CT molecular complexity index is 1030. The number of hydrogen-bond donors (Lipinski definition) is 9. The lowest BCUT2D eigenvalue weighted by Gasteiger charge is -2.28. The van der Waals surface area contributed by atoms with Crippen molar-refractivity contribution < 1.29 is 30.6 Å². The maximum Gasteiger partial charge on any atom is 0.124 e. The third-order valence-corrected chi connectivity index (χ3v) is 8.04. The Labute approximate surface area is 256 Å². The third-order valence-electron chi connectivity index (χ3n) is 8.04. The average molecular weight is 604 g/mol. The van der Waals surface area contributed by atoms with Crippen molar-refractivity contribution in [3.8, 4) is 11.5 Å². The number of nitrogens with zero attached hydrogens (tertiary/aromatic N) is 2. The number of benzene rings is 2. The van der Waals surface area contributed by atoms with E-state index in [0.717, 1.165) is 85.5 Å². The highest BCUT2D eigenvalue weighted by atomic mass is 16.3. The molecule has 2 aromatic carbocycles. The summed E-state index contributed by atoms with van der Waals surface area (Å²) in [5.41, 5.74) is 5.28. The topological polar surface area (TPSA) is 164 Å². The predicted octanol–water partition coefficient (Wildman–Crippen LogP) is 0.288. The van der Waals surface area contributed by atoms with E-state index in [2.05, 4.69) is 25.8 Å². The largest absolute Gasteiger partial charge is 0.507 e. The van der Waals surface area contributed by atoms with E-state index < -0.39 is 12.1 Å². The first-order valence-corrected chi connectivity index (χ1v) is 15.5. The molecule has 11 heteroatoms. The number of aromatic hydroxyl groups is 2. The van der Waals surface area contributed by atoms with Crippen LogP contribution in [0.1, 0.15) is 46.2 Å². The van der Waals surface area contributed by atoms with Gasteiger partial charge in [0.2, 0.25) is 0 Å². The highest BCUT2D eigenvalue weighted by Crippen LogP contribution is 2.28. The molecule has 43 heavy (non-hydrogen) atoms. The zero-order valence-corrected chi connectivity index (χ0v) is 25.9.